The standard InChI is InChI=1S/C25H21ClN2O5/c26-17-4-5-19-20(23-28(21(19)14-17)33-25(30)24(29)32-23)8-12-27-10-6-15(7-11-27)18-3-1-2-16-9-13-31-22(16)18/h1-6,14H,7-13H2. The summed E-state index contributed by atoms with van der Waals surface area (Å²) in [4.78, 5) is 25.9. The van der Waals surface area contributed by atoms with Gasteiger partial charge in [-0.05, 0) is 36.1 Å². The van der Waals surface area contributed by atoms with E-state index in [0.29, 0.717) is 17.0 Å². The molecule has 0 unspecified atom stereocenters. The van der Waals surface area contributed by atoms with Gasteiger partial charge in [-0.3, -0.25) is 4.90 Å². The van der Waals surface area contributed by atoms with Crippen LogP contribution >= 0.6 is 11.6 Å². The molecule has 6 rings (SSSR count). The zero-order valence-corrected chi connectivity index (χ0v) is 18.6. The highest BCUT2D eigenvalue weighted by Gasteiger charge is 2.22. The van der Waals surface area contributed by atoms with Gasteiger partial charge in [0, 0.05) is 47.6 Å². The van der Waals surface area contributed by atoms with Gasteiger partial charge in [-0.1, -0.05) is 41.9 Å². The Morgan fingerprint density at radius 1 is 1.06 bits per heavy atom. The van der Waals surface area contributed by atoms with Crippen LogP contribution in [-0.2, 0) is 12.8 Å². The van der Waals surface area contributed by atoms with Gasteiger partial charge in [0.15, 0.2) is 0 Å². The quantitative estimate of drug-likeness (QED) is 0.426. The predicted octanol–water partition coefficient (Wildman–Crippen LogP) is 3.92. The van der Waals surface area contributed by atoms with E-state index in [1.165, 1.54) is 21.3 Å². The van der Waals surface area contributed by atoms with Crippen molar-refractivity contribution >= 4 is 33.8 Å². The lowest BCUT2D eigenvalue weighted by molar-refractivity contribution is 0.283. The normalized spacial score (nSPS) is 16.2. The molecule has 0 aliphatic carbocycles. The first-order valence-electron chi connectivity index (χ1n) is 11.0. The van der Waals surface area contributed by atoms with Crippen LogP contribution in [0.4, 0.5) is 0 Å². The molecule has 2 aromatic carbocycles. The number of benzene rings is 2. The molecule has 4 aromatic rings. The highest BCUT2D eigenvalue weighted by atomic mass is 35.5. The van der Waals surface area contributed by atoms with Gasteiger partial charge in [-0.2, -0.15) is 0 Å². The molecule has 0 spiro atoms. The van der Waals surface area contributed by atoms with E-state index in [1.807, 2.05) is 6.07 Å². The van der Waals surface area contributed by atoms with Crippen LogP contribution < -0.4 is 16.0 Å². The topological polar surface area (TPSA) is 77.3 Å². The van der Waals surface area contributed by atoms with Crippen molar-refractivity contribution in [1.29, 1.82) is 0 Å². The Kier molecular flexibility index (Phi) is 4.89. The summed E-state index contributed by atoms with van der Waals surface area (Å²) in [5.41, 5.74) is 3.45. The Morgan fingerprint density at radius 3 is 2.82 bits per heavy atom. The maximum Gasteiger partial charge on any atom is 0.442 e. The molecular formula is C25H21ClN2O5. The second-order valence-corrected chi connectivity index (χ2v) is 8.87. The van der Waals surface area contributed by atoms with Crippen molar-refractivity contribution in [2.75, 3.05) is 26.2 Å². The smallest absolute Gasteiger partial charge is 0.442 e. The summed E-state index contributed by atoms with van der Waals surface area (Å²) >= 11 is 6.15. The highest BCUT2D eigenvalue weighted by Crippen LogP contribution is 2.36. The largest absolute Gasteiger partial charge is 0.492 e. The summed E-state index contributed by atoms with van der Waals surface area (Å²) in [7, 11) is 0. The monoisotopic (exact) mass is 464 g/mol. The van der Waals surface area contributed by atoms with Gasteiger partial charge in [0.2, 0.25) is 5.71 Å². The summed E-state index contributed by atoms with van der Waals surface area (Å²) in [5, 5.41) is 1.36. The van der Waals surface area contributed by atoms with Crippen molar-refractivity contribution in [3.63, 3.8) is 0 Å². The van der Waals surface area contributed by atoms with Gasteiger partial charge in [-0.15, -0.1) is 4.57 Å². The van der Waals surface area contributed by atoms with E-state index in [2.05, 4.69) is 29.2 Å². The second-order valence-electron chi connectivity index (χ2n) is 8.43. The Morgan fingerprint density at radius 2 is 1.97 bits per heavy atom. The molecule has 2 aliphatic rings. The number of rotatable bonds is 4. The Labute approximate surface area is 193 Å². The summed E-state index contributed by atoms with van der Waals surface area (Å²) in [5.74, 6) is 1.04. The molecule has 0 saturated heterocycles. The highest BCUT2D eigenvalue weighted by molar-refractivity contribution is 6.31. The minimum Gasteiger partial charge on any atom is -0.492 e. The minimum absolute atomic E-state index is 0.252. The van der Waals surface area contributed by atoms with Crippen LogP contribution in [0.5, 0.6) is 5.75 Å². The third kappa shape index (κ3) is 3.48. The fraction of sp³-hybridized carbons (Fsp3) is 0.280. The van der Waals surface area contributed by atoms with Crippen molar-refractivity contribution in [3.8, 4) is 5.75 Å². The lowest BCUT2D eigenvalue weighted by atomic mass is 9.96. The molecular weight excluding hydrogens is 444 g/mol. The summed E-state index contributed by atoms with van der Waals surface area (Å²) < 4.78 is 17.7. The number of hydrogen-bond acceptors (Lipinski definition) is 6. The molecule has 4 heterocycles. The Balaban J connectivity index is 1.27. The van der Waals surface area contributed by atoms with E-state index in [0.717, 1.165) is 55.8 Å². The SMILES string of the molecule is O=c1oc2c(CCN3CC=C(c4cccc5c4OCC5)CC3)c3ccc(Cl)cc3n2oc1=O. The van der Waals surface area contributed by atoms with Crippen LogP contribution in [0.25, 0.3) is 22.2 Å². The molecule has 0 amide bonds. The van der Waals surface area contributed by atoms with E-state index < -0.39 is 11.3 Å². The molecule has 2 aromatic heterocycles. The molecule has 0 fully saturated rings. The lowest BCUT2D eigenvalue weighted by Gasteiger charge is -2.27. The minimum atomic E-state index is -1.05. The fourth-order valence-electron chi connectivity index (χ4n) is 4.86. The van der Waals surface area contributed by atoms with E-state index in [9.17, 15) is 9.59 Å². The maximum absolute atomic E-state index is 11.8. The lowest BCUT2D eigenvalue weighted by Crippen LogP contribution is -2.30. The number of hydrogen-bond donors (Lipinski definition) is 0. The number of fused-ring (bicyclic) bond motifs is 4. The molecule has 8 heteroatoms. The average Bonchev–Trinajstić information content (AvgIpc) is 3.41. The van der Waals surface area contributed by atoms with Crippen LogP contribution in [0, 0.1) is 0 Å². The molecule has 33 heavy (non-hydrogen) atoms. The van der Waals surface area contributed by atoms with E-state index in [4.69, 9.17) is 25.3 Å². The van der Waals surface area contributed by atoms with Crippen LogP contribution in [0.2, 0.25) is 5.02 Å². The first-order chi connectivity index (χ1) is 16.1. The molecule has 0 saturated carbocycles. The van der Waals surface area contributed by atoms with E-state index in [1.54, 1.807) is 12.1 Å². The van der Waals surface area contributed by atoms with Gasteiger partial charge >= 0.3 is 11.3 Å². The van der Waals surface area contributed by atoms with Crippen molar-refractivity contribution in [3.05, 3.63) is 85.0 Å². The summed E-state index contributed by atoms with van der Waals surface area (Å²) in [6.45, 7) is 3.28. The number of ether oxygens (including phenoxy) is 1. The number of nitrogens with zero attached hydrogens (tertiary/aromatic N) is 2. The molecule has 0 radical (unpaired) electrons. The van der Waals surface area contributed by atoms with Gasteiger partial charge in [-0.25, -0.2) is 9.59 Å². The van der Waals surface area contributed by atoms with Crippen molar-refractivity contribution < 1.29 is 13.7 Å². The van der Waals surface area contributed by atoms with Crippen LogP contribution in [0.15, 0.2) is 61.0 Å². The van der Waals surface area contributed by atoms with Gasteiger partial charge in [0.25, 0.3) is 0 Å². The van der Waals surface area contributed by atoms with Crippen molar-refractivity contribution in [2.24, 2.45) is 0 Å². The summed E-state index contributed by atoms with van der Waals surface area (Å²) in [6, 6.07) is 11.7. The van der Waals surface area contributed by atoms with Crippen LogP contribution in [-0.4, -0.2) is 35.7 Å². The molecule has 0 N–H and O–H groups in total. The Bertz CT molecular complexity index is 1540. The van der Waals surface area contributed by atoms with Gasteiger partial charge in [0.05, 0.1) is 12.1 Å². The third-order valence-electron chi connectivity index (χ3n) is 6.51. The third-order valence-corrected chi connectivity index (χ3v) is 6.74. The fourth-order valence-corrected chi connectivity index (χ4v) is 5.02. The van der Waals surface area contributed by atoms with Gasteiger partial charge < -0.3 is 13.7 Å². The van der Waals surface area contributed by atoms with Gasteiger partial charge in [0.1, 0.15) is 5.75 Å². The van der Waals surface area contributed by atoms with E-state index in [-0.39, 0.29) is 5.71 Å². The first-order valence-corrected chi connectivity index (χ1v) is 11.4. The Hall–Kier alpha value is -3.29. The zero-order valence-electron chi connectivity index (χ0n) is 17.8. The predicted molar refractivity (Wildman–Crippen MR) is 125 cm³/mol. The maximum atomic E-state index is 11.8. The molecule has 168 valence electrons. The van der Waals surface area contributed by atoms with E-state index >= 15 is 0 Å². The first kappa shape index (κ1) is 20.3. The van der Waals surface area contributed by atoms with Crippen LogP contribution in [0.1, 0.15) is 23.1 Å². The number of halogens is 1. The average molecular weight is 465 g/mol. The molecule has 0 atom stereocenters. The zero-order chi connectivity index (χ0) is 22.5. The molecule has 7 nitrogen and oxygen atoms in total. The van der Waals surface area contributed by atoms with Crippen LogP contribution in [0.3, 0.4) is 0 Å². The van der Waals surface area contributed by atoms with Crippen molar-refractivity contribution in [2.45, 2.75) is 19.3 Å². The summed E-state index contributed by atoms with van der Waals surface area (Å²) in [6.07, 6.45) is 4.83. The van der Waals surface area contributed by atoms with Crippen molar-refractivity contribution in [1.82, 2.24) is 9.47 Å². The second kappa shape index (κ2) is 7.93. The molecule has 2 aliphatic heterocycles. The number of aromatic nitrogens is 1. The number of para-hydroxylation sites is 1. The molecule has 0 bridgehead atoms.